The van der Waals surface area contributed by atoms with Gasteiger partial charge in [0.1, 0.15) is 46.4 Å². The molecule has 4 fully saturated rings. The number of nitriles is 1. The summed E-state index contributed by atoms with van der Waals surface area (Å²) in [7, 11) is 0. The number of piperazine rings is 1. The lowest BCUT2D eigenvalue weighted by Gasteiger charge is -2.42. The van der Waals surface area contributed by atoms with Crippen LogP contribution in [0.1, 0.15) is 90.3 Å². The fraction of sp³-hybridized carbons (Fsp3) is 0.571. The number of ether oxygens (including phenoxy) is 4. The van der Waals surface area contributed by atoms with E-state index in [0.29, 0.717) is 48.4 Å². The first-order valence-electron chi connectivity index (χ1n) is 20.4. The molecule has 0 aliphatic carbocycles. The van der Waals surface area contributed by atoms with Crippen LogP contribution in [0.5, 0.6) is 6.01 Å². The van der Waals surface area contributed by atoms with Crippen LogP contribution < -0.4 is 15.0 Å². The van der Waals surface area contributed by atoms with Gasteiger partial charge in [0.15, 0.2) is 11.6 Å². The number of likely N-dealkylation sites (tertiary alicyclic amines) is 1. The van der Waals surface area contributed by atoms with Gasteiger partial charge in [-0.05, 0) is 84.9 Å². The number of halogens is 3. The number of hydrogen-bond donors (Lipinski definition) is 1. The molecule has 14 nitrogen and oxygen atoms in total. The van der Waals surface area contributed by atoms with Gasteiger partial charge >= 0.3 is 18.2 Å². The molecule has 0 spiro atoms. The minimum atomic E-state index is -0.989. The summed E-state index contributed by atoms with van der Waals surface area (Å²) in [5, 5.41) is 13.5. The third-order valence-corrected chi connectivity index (χ3v) is 13.1. The number of hydrogen-bond acceptors (Lipinski definition) is 13. The lowest BCUT2D eigenvalue weighted by atomic mass is 9.93. The minimum absolute atomic E-state index is 0.00953. The molecule has 1 aromatic carbocycles. The van der Waals surface area contributed by atoms with Crippen LogP contribution in [0.25, 0.3) is 32.2 Å². The number of fused-ring (bicyclic) bond motifs is 7. The molecular formula is C42H47F3N8O6S. The van der Waals surface area contributed by atoms with E-state index in [1.807, 2.05) is 20.8 Å². The third kappa shape index (κ3) is 7.01. The standard InChI is InChI=1S/C42H47F3N8O6S/c1-40(2,3)58-38(54)50-36-24(13-46)29-32(47-14-27(44)34(29)60-36)28-25-18-56-19-26(25)30-33(31(28)45)48-37(57-20-42-10-7-11-52(42)15-21(43)12-42)49-35(30)53-22-8-9-23(53)17-51(16-22)39(55)59-41(4,5)6/h14,21-23H,7-12,15-20H2,1-6H3,(H,50,54)/t21-,22?,23?,42+/m1/s1. The van der Waals surface area contributed by atoms with Crippen molar-refractivity contribution in [2.75, 3.05) is 43.0 Å². The summed E-state index contributed by atoms with van der Waals surface area (Å²) in [5.41, 5.74) is -1.25. The fourth-order valence-corrected chi connectivity index (χ4v) is 10.8. The monoisotopic (exact) mass is 848 g/mol. The normalized spacial score (nSPS) is 23.9. The molecule has 2 amide bonds. The van der Waals surface area contributed by atoms with Gasteiger partial charge in [-0.25, -0.2) is 22.8 Å². The number of nitrogens with zero attached hydrogens (tertiary/aromatic N) is 7. The Balaban J connectivity index is 1.20. The highest BCUT2D eigenvalue weighted by molar-refractivity contribution is 7.23. The predicted octanol–water partition coefficient (Wildman–Crippen LogP) is 7.98. The molecule has 9 rings (SSSR count). The summed E-state index contributed by atoms with van der Waals surface area (Å²) in [6.07, 6.45) is 2.17. The molecule has 3 aromatic heterocycles. The molecule has 4 aromatic rings. The van der Waals surface area contributed by atoms with E-state index in [1.54, 1.807) is 25.7 Å². The highest BCUT2D eigenvalue weighted by Gasteiger charge is 2.50. The number of anilines is 2. The smallest absolute Gasteiger partial charge is 0.412 e. The summed E-state index contributed by atoms with van der Waals surface area (Å²) in [6, 6.07) is 1.61. The summed E-state index contributed by atoms with van der Waals surface area (Å²) in [6.45, 7) is 12.5. The Morgan fingerprint density at radius 1 is 1.03 bits per heavy atom. The number of pyridine rings is 1. The van der Waals surface area contributed by atoms with Crippen LogP contribution in [0.2, 0.25) is 0 Å². The molecule has 318 valence electrons. The summed E-state index contributed by atoms with van der Waals surface area (Å²) < 4.78 is 71.8. The highest BCUT2D eigenvalue weighted by Crippen LogP contribution is 2.49. The van der Waals surface area contributed by atoms with Crippen LogP contribution in [0, 0.1) is 23.0 Å². The van der Waals surface area contributed by atoms with E-state index in [-0.39, 0.29) is 75.3 Å². The van der Waals surface area contributed by atoms with Gasteiger partial charge in [0, 0.05) is 49.1 Å². The van der Waals surface area contributed by atoms with Gasteiger partial charge in [-0.2, -0.15) is 15.2 Å². The largest absolute Gasteiger partial charge is 0.461 e. The number of aromatic nitrogens is 3. The zero-order valence-electron chi connectivity index (χ0n) is 34.4. The third-order valence-electron chi connectivity index (χ3n) is 12.0. The summed E-state index contributed by atoms with van der Waals surface area (Å²) >= 11 is 0.820. The van der Waals surface area contributed by atoms with Crippen LogP contribution in [0.15, 0.2) is 6.20 Å². The maximum Gasteiger partial charge on any atom is 0.412 e. The van der Waals surface area contributed by atoms with Crippen molar-refractivity contribution in [2.45, 2.75) is 122 Å². The van der Waals surface area contributed by atoms with Crippen molar-refractivity contribution in [1.29, 1.82) is 5.26 Å². The molecule has 2 unspecified atom stereocenters. The van der Waals surface area contributed by atoms with Crippen LogP contribution in [0.3, 0.4) is 0 Å². The number of nitrogens with one attached hydrogen (secondary N) is 1. The van der Waals surface area contributed by atoms with Gasteiger partial charge in [0.05, 0.1) is 46.3 Å². The van der Waals surface area contributed by atoms with E-state index < -0.39 is 46.7 Å². The number of thiophene rings is 1. The molecule has 5 aliphatic heterocycles. The Labute approximate surface area is 348 Å². The molecule has 18 heteroatoms. The second kappa shape index (κ2) is 14.6. The van der Waals surface area contributed by atoms with E-state index >= 15 is 8.78 Å². The van der Waals surface area contributed by atoms with Gasteiger partial charge in [-0.15, -0.1) is 11.3 Å². The molecule has 4 saturated heterocycles. The van der Waals surface area contributed by atoms with Crippen LogP contribution in [0.4, 0.5) is 33.6 Å². The van der Waals surface area contributed by atoms with Gasteiger partial charge in [-0.3, -0.25) is 15.2 Å². The van der Waals surface area contributed by atoms with Gasteiger partial charge in [0.25, 0.3) is 0 Å². The van der Waals surface area contributed by atoms with E-state index in [1.165, 1.54) is 0 Å². The quantitative estimate of drug-likeness (QED) is 0.200. The first kappa shape index (κ1) is 40.4. The molecule has 8 heterocycles. The first-order chi connectivity index (χ1) is 28.4. The molecule has 60 heavy (non-hydrogen) atoms. The Morgan fingerprint density at radius 2 is 1.75 bits per heavy atom. The lowest BCUT2D eigenvalue weighted by Crippen LogP contribution is -2.56. The van der Waals surface area contributed by atoms with Crippen molar-refractivity contribution in [3.8, 4) is 23.3 Å². The van der Waals surface area contributed by atoms with Gasteiger partial charge < -0.3 is 28.7 Å². The number of carbonyl (C=O) groups is 2. The molecule has 0 saturated carbocycles. The lowest BCUT2D eigenvalue weighted by molar-refractivity contribution is 0.0209. The number of carbonyl (C=O) groups excluding carboxylic acids is 2. The number of benzene rings is 1. The average Bonchev–Trinajstić information content (AvgIpc) is 3.98. The van der Waals surface area contributed by atoms with Crippen molar-refractivity contribution in [2.24, 2.45) is 0 Å². The zero-order chi connectivity index (χ0) is 42.5. The van der Waals surface area contributed by atoms with Crippen molar-refractivity contribution in [3.05, 3.63) is 34.5 Å². The number of rotatable bonds is 6. The molecule has 4 atom stereocenters. The second-order valence-corrected chi connectivity index (χ2v) is 19.5. The molecule has 5 aliphatic rings. The minimum Gasteiger partial charge on any atom is -0.461 e. The topological polar surface area (TPSA) is 155 Å². The summed E-state index contributed by atoms with van der Waals surface area (Å²) in [4.78, 5) is 46.2. The van der Waals surface area contributed by atoms with Crippen molar-refractivity contribution in [1.82, 2.24) is 24.8 Å². The van der Waals surface area contributed by atoms with Gasteiger partial charge in [-0.1, -0.05) is 0 Å². The Morgan fingerprint density at radius 3 is 2.45 bits per heavy atom. The Bertz CT molecular complexity index is 2470. The first-order valence-corrected chi connectivity index (χ1v) is 21.2. The summed E-state index contributed by atoms with van der Waals surface area (Å²) in [5.74, 6) is -1.13. The van der Waals surface area contributed by atoms with Crippen molar-refractivity contribution < 1.29 is 41.7 Å². The SMILES string of the molecule is CC(C)(C)OC(=O)Nc1sc2c(F)cnc(-c3c4c(c5c(N6C7CCC6CN(C(=O)OC(C)(C)C)C7)nc(OC[C@@]67CCCN6C[C@H](F)C7)nc5c3F)COC4)c2c1C#N. The van der Waals surface area contributed by atoms with Crippen molar-refractivity contribution >= 4 is 55.3 Å². The zero-order valence-corrected chi connectivity index (χ0v) is 35.2. The van der Waals surface area contributed by atoms with Crippen LogP contribution in [-0.2, 0) is 27.4 Å². The number of alkyl halides is 1. The maximum atomic E-state index is 17.9. The maximum absolute atomic E-state index is 17.9. The Hall–Kier alpha value is -4.99. The molecular weight excluding hydrogens is 802 g/mol. The number of amides is 2. The predicted molar refractivity (Wildman–Crippen MR) is 217 cm³/mol. The Kier molecular flexibility index (Phi) is 9.82. The molecule has 2 bridgehead atoms. The van der Waals surface area contributed by atoms with E-state index in [2.05, 4.69) is 26.2 Å². The van der Waals surface area contributed by atoms with E-state index in [9.17, 15) is 19.2 Å². The average molecular weight is 849 g/mol. The van der Waals surface area contributed by atoms with E-state index in [0.717, 1.165) is 49.8 Å². The van der Waals surface area contributed by atoms with E-state index in [4.69, 9.17) is 28.9 Å². The molecule has 0 radical (unpaired) electrons. The fourth-order valence-electron chi connectivity index (χ4n) is 9.71. The van der Waals surface area contributed by atoms with Crippen LogP contribution in [-0.4, -0.2) is 105 Å². The molecule has 1 N–H and O–H groups in total. The highest BCUT2D eigenvalue weighted by atomic mass is 32.1. The second-order valence-electron chi connectivity index (χ2n) is 18.4. The van der Waals surface area contributed by atoms with Crippen LogP contribution >= 0.6 is 11.3 Å². The van der Waals surface area contributed by atoms with Gasteiger partial charge in [0.2, 0.25) is 0 Å². The van der Waals surface area contributed by atoms with Crippen molar-refractivity contribution in [3.63, 3.8) is 0 Å².